The minimum Gasteiger partial charge on any atom is -0.478 e. The number of carboxylic acid groups (broad SMARTS) is 1. The molecule has 9 heteroatoms. The van der Waals surface area contributed by atoms with Gasteiger partial charge in [0.1, 0.15) is 6.10 Å². The third-order valence-electron chi connectivity index (χ3n) is 4.32. The van der Waals surface area contributed by atoms with Crippen molar-refractivity contribution in [1.29, 1.82) is 0 Å². The van der Waals surface area contributed by atoms with Gasteiger partial charge in [0.25, 0.3) is 0 Å². The summed E-state index contributed by atoms with van der Waals surface area (Å²) in [4.78, 5) is 27.4. The van der Waals surface area contributed by atoms with Gasteiger partial charge in [-0.15, -0.1) is 0 Å². The van der Waals surface area contributed by atoms with Gasteiger partial charge in [-0.05, 0) is 42.2 Å². The summed E-state index contributed by atoms with van der Waals surface area (Å²) < 4.78 is 34.7. The van der Waals surface area contributed by atoms with Crippen LogP contribution in [0.4, 0.5) is 8.78 Å². The average molecular weight is 422 g/mol. The highest BCUT2D eigenvalue weighted by molar-refractivity contribution is 5.87. The molecule has 0 saturated heterocycles. The zero-order chi connectivity index (χ0) is 22.3. The van der Waals surface area contributed by atoms with Crippen molar-refractivity contribution >= 4 is 11.9 Å². The van der Waals surface area contributed by atoms with Crippen LogP contribution in [-0.2, 0) is 16.1 Å². The lowest BCUT2D eigenvalue weighted by molar-refractivity contribution is -0.137. The molecule has 162 valence electrons. The van der Waals surface area contributed by atoms with Gasteiger partial charge in [0.2, 0.25) is 11.8 Å². The first-order valence-electron chi connectivity index (χ1n) is 9.32. The van der Waals surface area contributed by atoms with Crippen LogP contribution in [0.15, 0.2) is 42.6 Å². The number of carbonyl (C=O) groups is 2. The van der Waals surface area contributed by atoms with E-state index in [1.54, 1.807) is 25.1 Å². The van der Waals surface area contributed by atoms with Gasteiger partial charge in [-0.2, -0.15) is 8.78 Å². The molecule has 0 spiro atoms. The van der Waals surface area contributed by atoms with Crippen LogP contribution >= 0.6 is 0 Å². The molecule has 0 aliphatic rings. The fraction of sp³-hybridized carbons (Fsp3) is 0.381. The molecular formula is C21H24F2N2O5. The van der Waals surface area contributed by atoms with Crippen molar-refractivity contribution in [2.75, 3.05) is 0 Å². The predicted octanol–water partition coefficient (Wildman–Crippen LogP) is 3.80. The van der Waals surface area contributed by atoms with Crippen molar-refractivity contribution in [2.45, 2.75) is 46.1 Å². The van der Waals surface area contributed by atoms with Crippen LogP contribution in [-0.4, -0.2) is 34.7 Å². The number of carbonyl (C=O) groups excluding carboxylic acids is 1. The van der Waals surface area contributed by atoms with Gasteiger partial charge < -0.3 is 19.9 Å². The van der Waals surface area contributed by atoms with E-state index in [0.717, 1.165) is 5.56 Å². The zero-order valence-electron chi connectivity index (χ0n) is 16.8. The monoisotopic (exact) mass is 422 g/mol. The Labute approximate surface area is 173 Å². The van der Waals surface area contributed by atoms with E-state index in [0.29, 0.717) is 5.56 Å². The van der Waals surface area contributed by atoms with Crippen LogP contribution in [0.1, 0.15) is 48.3 Å². The molecule has 30 heavy (non-hydrogen) atoms. The largest absolute Gasteiger partial charge is 0.478 e. The maximum atomic E-state index is 12.7. The summed E-state index contributed by atoms with van der Waals surface area (Å²) in [5.74, 6) is -1.73. The summed E-state index contributed by atoms with van der Waals surface area (Å²) in [6.07, 6.45) is 0.544. The normalized spacial score (nSPS) is 13.2. The number of halogens is 2. The van der Waals surface area contributed by atoms with Crippen LogP contribution in [0, 0.1) is 5.92 Å². The second-order valence-corrected chi connectivity index (χ2v) is 7.01. The molecule has 2 rings (SSSR count). The highest BCUT2D eigenvalue weighted by atomic mass is 19.3. The molecule has 1 aromatic heterocycles. The SMILES string of the molecule is CC(C)C(OCc1ccnc(OC(F)F)c1)C(=O)N[C@@H](C)c1ccc(C(=O)O)cc1. The Hall–Kier alpha value is -3.07. The maximum Gasteiger partial charge on any atom is 0.388 e. The van der Waals surface area contributed by atoms with Crippen molar-refractivity contribution in [3.63, 3.8) is 0 Å². The summed E-state index contributed by atoms with van der Waals surface area (Å²) in [6, 6.07) is 8.77. The number of carboxylic acids is 1. The van der Waals surface area contributed by atoms with Crippen LogP contribution < -0.4 is 10.1 Å². The number of aromatic nitrogens is 1. The molecule has 0 radical (unpaired) electrons. The molecular weight excluding hydrogens is 398 g/mol. The van der Waals surface area contributed by atoms with Crippen LogP contribution in [0.5, 0.6) is 5.88 Å². The summed E-state index contributed by atoms with van der Waals surface area (Å²) in [7, 11) is 0. The van der Waals surface area contributed by atoms with E-state index in [2.05, 4.69) is 15.0 Å². The van der Waals surface area contributed by atoms with Crippen molar-refractivity contribution in [3.05, 3.63) is 59.3 Å². The third-order valence-corrected chi connectivity index (χ3v) is 4.32. The molecule has 2 N–H and O–H groups in total. The molecule has 1 aromatic carbocycles. The highest BCUT2D eigenvalue weighted by Gasteiger charge is 2.25. The second kappa shape index (κ2) is 10.6. The van der Waals surface area contributed by atoms with Gasteiger partial charge in [-0.3, -0.25) is 4.79 Å². The van der Waals surface area contributed by atoms with Crippen LogP contribution in [0.25, 0.3) is 0 Å². The van der Waals surface area contributed by atoms with E-state index >= 15 is 0 Å². The van der Waals surface area contributed by atoms with E-state index in [-0.39, 0.29) is 35.9 Å². The van der Waals surface area contributed by atoms with E-state index in [4.69, 9.17) is 9.84 Å². The number of amides is 1. The lowest BCUT2D eigenvalue weighted by Gasteiger charge is -2.23. The molecule has 0 aliphatic carbocycles. The number of ether oxygens (including phenoxy) is 2. The third kappa shape index (κ3) is 6.77. The molecule has 0 bridgehead atoms. The predicted molar refractivity (Wildman–Crippen MR) is 104 cm³/mol. The number of nitrogens with one attached hydrogen (secondary N) is 1. The first-order valence-corrected chi connectivity index (χ1v) is 9.32. The molecule has 1 unspecified atom stereocenters. The molecule has 1 amide bonds. The standard InChI is InChI=1S/C21H24F2N2O5/c1-12(2)18(29-11-14-8-9-24-17(10-14)30-21(22)23)19(26)25-13(3)15-4-6-16(7-5-15)20(27)28/h4-10,12-13,18,21H,11H2,1-3H3,(H,25,26)(H,27,28)/t13-,18?/m0/s1. The van der Waals surface area contributed by atoms with E-state index in [9.17, 15) is 18.4 Å². The van der Waals surface area contributed by atoms with Crippen LogP contribution in [0.3, 0.4) is 0 Å². The molecule has 0 fully saturated rings. The minimum atomic E-state index is -2.98. The maximum absolute atomic E-state index is 12.7. The van der Waals surface area contributed by atoms with Crippen molar-refractivity contribution in [1.82, 2.24) is 10.3 Å². The van der Waals surface area contributed by atoms with Gasteiger partial charge >= 0.3 is 12.6 Å². The smallest absolute Gasteiger partial charge is 0.388 e. The van der Waals surface area contributed by atoms with Crippen LogP contribution in [0.2, 0.25) is 0 Å². The van der Waals surface area contributed by atoms with E-state index in [1.807, 2.05) is 13.8 Å². The fourth-order valence-electron chi connectivity index (χ4n) is 2.75. The minimum absolute atomic E-state index is 0.0140. The Kier molecular flexibility index (Phi) is 8.23. The molecule has 2 aromatic rings. The number of hydrogen-bond acceptors (Lipinski definition) is 5. The van der Waals surface area contributed by atoms with E-state index in [1.165, 1.54) is 24.4 Å². The number of aromatic carboxylic acids is 1. The first-order chi connectivity index (χ1) is 14.2. The summed E-state index contributed by atoms with van der Waals surface area (Å²) >= 11 is 0. The number of rotatable bonds is 10. The second-order valence-electron chi connectivity index (χ2n) is 7.01. The number of benzene rings is 1. The first kappa shape index (κ1) is 23.2. The average Bonchev–Trinajstić information content (AvgIpc) is 2.67. The molecule has 0 saturated carbocycles. The van der Waals surface area contributed by atoms with Crippen molar-refractivity contribution in [2.24, 2.45) is 5.92 Å². The summed E-state index contributed by atoms with van der Waals surface area (Å²) in [6.45, 7) is 2.47. The highest BCUT2D eigenvalue weighted by Crippen LogP contribution is 2.18. The van der Waals surface area contributed by atoms with E-state index < -0.39 is 18.7 Å². The fourth-order valence-corrected chi connectivity index (χ4v) is 2.75. The Morgan fingerprint density at radius 2 is 1.80 bits per heavy atom. The van der Waals surface area contributed by atoms with Gasteiger partial charge in [0.15, 0.2) is 0 Å². The van der Waals surface area contributed by atoms with Gasteiger partial charge in [-0.25, -0.2) is 9.78 Å². The van der Waals surface area contributed by atoms with Crippen molar-refractivity contribution < 1.29 is 33.0 Å². The number of pyridine rings is 1. The Morgan fingerprint density at radius 3 is 2.37 bits per heavy atom. The topological polar surface area (TPSA) is 97.8 Å². The summed E-state index contributed by atoms with van der Waals surface area (Å²) in [5, 5.41) is 11.8. The molecule has 0 aliphatic heterocycles. The zero-order valence-corrected chi connectivity index (χ0v) is 16.8. The molecule has 1 heterocycles. The van der Waals surface area contributed by atoms with Gasteiger partial charge in [0.05, 0.1) is 18.2 Å². The number of nitrogens with zero attached hydrogens (tertiary/aromatic N) is 1. The lowest BCUT2D eigenvalue weighted by atomic mass is 10.0. The Balaban J connectivity index is 1.99. The van der Waals surface area contributed by atoms with Crippen molar-refractivity contribution in [3.8, 4) is 5.88 Å². The summed E-state index contributed by atoms with van der Waals surface area (Å²) in [5.41, 5.74) is 1.45. The molecule has 2 atom stereocenters. The van der Waals surface area contributed by atoms with Gasteiger partial charge in [0, 0.05) is 12.3 Å². The van der Waals surface area contributed by atoms with Gasteiger partial charge in [-0.1, -0.05) is 26.0 Å². The lowest BCUT2D eigenvalue weighted by Crippen LogP contribution is -2.40. The Bertz CT molecular complexity index is 859. The molecule has 7 nitrogen and oxygen atoms in total. The number of hydrogen-bond donors (Lipinski definition) is 2. The number of alkyl halides is 2. The quantitative estimate of drug-likeness (QED) is 0.604. The Morgan fingerprint density at radius 1 is 1.13 bits per heavy atom.